The lowest BCUT2D eigenvalue weighted by Gasteiger charge is -2.36. The van der Waals surface area contributed by atoms with Crippen molar-refractivity contribution in [3.63, 3.8) is 0 Å². The van der Waals surface area contributed by atoms with Crippen LogP contribution in [-0.2, 0) is 19.1 Å². The second kappa shape index (κ2) is 17.8. The molecular formula is C37H50N6O7. The molecular weight excluding hydrogens is 640 g/mol. The van der Waals surface area contributed by atoms with Gasteiger partial charge in [0.15, 0.2) is 0 Å². The van der Waals surface area contributed by atoms with E-state index in [1.165, 1.54) is 0 Å². The molecule has 0 aliphatic carbocycles. The minimum absolute atomic E-state index is 0.0894. The lowest BCUT2D eigenvalue weighted by molar-refractivity contribution is -0.138. The summed E-state index contributed by atoms with van der Waals surface area (Å²) in [6, 6.07) is 12.2. The quantitative estimate of drug-likeness (QED) is 0.280. The molecule has 0 bridgehead atoms. The highest BCUT2D eigenvalue weighted by atomic mass is 16.6. The average molecular weight is 691 g/mol. The van der Waals surface area contributed by atoms with Gasteiger partial charge in [-0.2, -0.15) is 0 Å². The average Bonchev–Trinajstić information content (AvgIpc) is 3.55. The van der Waals surface area contributed by atoms with Gasteiger partial charge in [0, 0.05) is 76.5 Å². The Labute approximate surface area is 293 Å². The van der Waals surface area contributed by atoms with Gasteiger partial charge in [-0.25, -0.2) is 9.78 Å². The smallest absolute Gasteiger partial charge is 0.409 e. The van der Waals surface area contributed by atoms with E-state index in [4.69, 9.17) is 9.72 Å². The number of carboxylic acid groups (broad SMARTS) is 1. The molecule has 1 aromatic heterocycles. The molecule has 270 valence electrons. The first kappa shape index (κ1) is 36.6. The normalized spacial score (nSPS) is 18.6. The zero-order valence-electron chi connectivity index (χ0n) is 29.1. The molecule has 50 heavy (non-hydrogen) atoms. The fourth-order valence-electron chi connectivity index (χ4n) is 6.92. The van der Waals surface area contributed by atoms with Crippen LogP contribution in [0.2, 0.25) is 0 Å². The van der Waals surface area contributed by atoms with Gasteiger partial charge in [0.25, 0.3) is 5.91 Å². The molecule has 0 radical (unpaired) electrons. The molecule has 2 atom stereocenters. The molecule has 3 saturated heterocycles. The van der Waals surface area contributed by atoms with Crippen LogP contribution in [0.3, 0.4) is 0 Å². The Hall–Kier alpha value is -4.68. The molecule has 5 rings (SSSR count). The van der Waals surface area contributed by atoms with Crippen LogP contribution in [-0.4, -0.2) is 120 Å². The number of nitrogens with one attached hydrogen (secondary N) is 1. The van der Waals surface area contributed by atoms with Crippen LogP contribution in [0, 0.1) is 5.92 Å². The third-order valence-electron chi connectivity index (χ3n) is 9.72. The van der Waals surface area contributed by atoms with Crippen molar-refractivity contribution >= 4 is 35.5 Å². The number of unbranched alkanes of at least 4 members (excludes halogenated alkanes) is 2. The number of carbonyl (C=O) groups excluding carboxylic acids is 4. The minimum atomic E-state index is -1.09. The first-order valence-electron chi connectivity index (χ1n) is 18.0. The van der Waals surface area contributed by atoms with E-state index >= 15 is 0 Å². The van der Waals surface area contributed by atoms with E-state index in [-0.39, 0.29) is 50.6 Å². The van der Waals surface area contributed by atoms with E-state index in [0.717, 1.165) is 76.0 Å². The SMILES string of the molecule is CCCCCOC(=O)N1CCN(C(=O)[C@H](CCC(=O)O)NC(=O)c2cc(N3CCCC(CN4CCCC4=O)C3)cc(-c3ccccc3)n2)CC1. The Kier molecular flexibility index (Phi) is 13.0. The summed E-state index contributed by atoms with van der Waals surface area (Å²) in [7, 11) is 0. The number of carbonyl (C=O) groups is 5. The number of amides is 4. The van der Waals surface area contributed by atoms with Crippen molar-refractivity contribution in [3.05, 3.63) is 48.2 Å². The highest BCUT2D eigenvalue weighted by Gasteiger charge is 2.32. The van der Waals surface area contributed by atoms with Crippen LogP contribution < -0.4 is 10.2 Å². The first-order chi connectivity index (χ1) is 24.2. The van der Waals surface area contributed by atoms with Gasteiger partial charge in [-0.3, -0.25) is 19.2 Å². The van der Waals surface area contributed by atoms with E-state index in [1.54, 1.807) is 15.9 Å². The number of benzene rings is 1. The fourth-order valence-corrected chi connectivity index (χ4v) is 6.92. The van der Waals surface area contributed by atoms with Crippen molar-refractivity contribution in [1.29, 1.82) is 0 Å². The van der Waals surface area contributed by atoms with Crippen molar-refractivity contribution in [2.24, 2.45) is 5.92 Å². The van der Waals surface area contributed by atoms with Crippen molar-refractivity contribution in [2.45, 2.75) is 70.8 Å². The molecule has 1 aromatic carbocycles. The summed E-state index contributed by atoms with van der Waals surface area (Å²) >= 11 is 0. The van der Waals surface area contributed by atoms with Gasteiger partial charge in [-0.15, -0.1) is 0 Å². The second-order valence-corrected chi connectivity index (χ2v) is 13.5. The number of hydrogen-bond acceptors (Lipinski definition) is 8. The maximum absolute atomic E-state index is 13.9. The molecule has 0 spiro atoms. The molecule has 2 N–H and O–H groups in total. The fraction of sp³-hybridized carbons (Fsp3) is 0.568. The van der Waals surface area contributed by atoms with Gasteiger partial charge >= 0.3 is 12.1 Å². The minimum Gasteiger partial charge on any atom is -0.481 e. The predicted molar refractivity (Wildman–Crippen MR) is 188 cm³/mol. The summed E-state index contributed by atoms with van der Waals surface area (Å²) in [6.45, 7) is 6.54. The summed E-state index contributed by atoms with van der Waals surface area (Å²) in [5.74, 6) is -1.53. The highest BCUT2D eigenvalue weighted by molar-refractivity contribution is 5.97. The van der Waals surface area contributed by atoms with Crippen LogP contribution in [0.25, 0.3) is 11.3 Å². The van der Waals surface area contributed by atoms with Crippen molar-refractivity contribution in [3.8, 4) is 11.3 Å². The molecule has 13 heteroatoms. The second-order valence-electron chi connectivity index (χ2n) is 13.5. The van der Waals surface area contributed by atoms with E-state index in [2.05, 4.69) is 17.1 Å². The van der Waals surface area contributed by atoms with Crippen LogP contribution in [0.1, 0.15) is 75.2 Å². The summed E-state index contributed by atoms with van der Waals surface area (Å²) in [4.78, 5) is 76.0. The zero-order valence-corrected chi connectivity index (χ0v) is 29.1. The van der Waals surface area contributed by atoms with Gasteiger partial charge in [-0.05, 0) is 50.2 Å². The Morgan fingerprint density at radius 2 is 1.74 bits per heavy atom. The monoisotopic (exact) mass is 690 g/mol. The van der Waals surface area contributed by atoms with Crippen molar-refractivity contribution in [1.82, 2.24) is 25.0 Å². The molecule has 4 amide bonds. The number of anilines is 1. The number of hydrogen-bond donors (Lipinski definition) is 2. The standard InChI is InChI=1S/C37H50N6O7/c1-2-3-7-22-50-37(49)41-20-18-40(19-21-41)36(48)30(14-15-34(45)46)39-35(47)32-24-29(23-31(38-32)28-11-5-4-6-12-28)42-16-8-10-27(25-42)26-43-17-9-13-33(43)44/h4-6,11-12,23-24,27,30H,2-3,7-10,13-22,25-26H2,1H3,(H,39,47)(H,45,46)/t27?,30-/m0/s1. The van der Waals surface area contributed by atoms with Crippen LogP contribution in [0.4, 0.5) is 10.5 Å². The maximum atomic E-state index is 13.9. The molecule has 3 fully saturated rings. The molecule has 2 aromatic rings. The number of nitrogens with zero attached hydrogens (tertiary/aromatic N) is 5. The number of carboxylic acids is 1. The molecule has 3 aliphatic rings. The summed E-state index contributed by atoms with van der Waals surface area (Å²) in [5.41, 5.74) is 2.39. The van der Waals surface area contributed by atoms with Gasteiger partial charge < -0.3 is 34.8 Å². The number of aliphatic carboxylic acids is 1. The third-order valence-corrected chi connectivity index (χ3v) is 9.72. The summed E-state index contributed by atoms with van der Waals surface area (Å²) in [5, 5.41) is 12.2. The topological polar surface area (TPSA) is 153 Å². The molecule has 1 unspecified atom stereocenters. The number of likely N-dealkylation sites (tertiary alicyclic amines) is 1. The Morgan fingerprint density at radius 3 is 2.44 bits per heavy atom. The first-order valence-corrected chi connectivity index (χ1v) is 18.0. The molecule has 4 heterocycles. The maximum Gasteiger partial charge on any atom is 0.409 e. The number of piperidine rings is 1. The van der Waals surface area contributed by atoms with E-state index in [9.17, 15) is 29.1 Å². The van der Waals surface area contributed by atoms with E-state index in [0.29, 0.717) is 24.6 Å². The van der Waals surface area contributed by atoms with Crippen LogP contribution in [0.15, 0.2) is 42.5 Å². The number of pyridine rings is 1. The number of piperazine rings is 1. The van der Waals surface area contributed by atoms with E-state index in [1.807, 2.05) is 41.3 Å². The Bertz CT molecular complexity index is 1500. The zero-order chi connectivity index (χ0) is 35.5. The molecule has 3 aliphatic heterocycles. The Morgan fingerprint density at radius 1 is 0.980 bits per heavy atom. The van der Waals surface area contributed by atoms with Crippen molar-refractivity contribution in [2.75, 3.05) is 63.9 Å². The van der Waals surface area contributed by atoms with Gasteiger partial charge in [0.1, 0.15) is 11.7 Å². The van der Waals surface area contributed by atoms with Crippen molar-refractivity contribution < 1.29 is 33.8 Å². The number of aromatic nitrogens is 1. The predicted octanol–water partition coefficient (Wildman–Crippen LogP) is 4.02. The Balaban J connectivity index is 1.30. The largest absolute Gasteiger partial charge is 0.481 e. The molecule has 0 saturated carbocycles. The summed E-state index contributed by atoms with van der Waals surface area (Å²) in [6.07, 6.45) is 5.48. The van der Waals surface area contributed by atoms with Crippen LogP contribution in [0.5, 0.6) is 0 Å². The highest BCUT2D eigenvalue weighted by Crippen LogP contribution is 2.29. The van der Waals surface area contributed by atoms with Gasteiger partial charge in [0.05, 0.1) is 12.3 Å². The number of ether oxygens (including phenoxy) is 1. The van der Waals surface area contributed by atoms with Crippen LogP contribution >= 0.6 is 0 Å². The summed E-state index contributed by atoms with van der Waals surface area (Å²) < 4.78 is 5.36. The number of rotatable bonds is 14. The van der Waals surface area contributed by atoms with Gasteiger partial charge in [-0.1, -0.05) is 50.1 Å². The third kappa shape index (κ3) is 9.95. The van der Waals surface area contributed by atoms with Gasteiger partial charge in [0.2, 0.25) is 11.8 Å². The lowest BCUT2D eigenvalue weighted by Crippen LogP contribution is -2.56. The van der Waals surface area contributed by atoms with E-state index < -0.39 is 29.9 Å². The molecule has 13 nitrogen and oxygen atoms in total. The lowest BCUT2D eigenvalue weighted by atomic mass is 9.96.